The van der Waals surface area contributed by atoms with Crippen LogP contribution in [0.3, 0.4) is 0 Å². The van der Waals surface area contributed by atoms with Crippen molar-refractivity contribution in [3.63, 3.8) is 0 Å². The molecule has 0 spiro atoms. The second-order valence-corrected chi connectivity index (χ2v) is 9.37. The van der Waals surface area contributed by atoms with Gasteiger partial charge in [0.05, 0.1) is 0 Å². The van der Waals surface area contributed by atoms with Crippen LogP contribution in [0.1, 0.15) is 73.6 Å². The Hall–Kier alpha value is -1.36. The number of fused-ring (bicyclic) bond motifs is 2. The van der Waals surface area contributed by atoms with E-state index in [1.807, 2.05) is 6.92 Å². The third-order valence-corrected chi connectivity index (χ3v) is 7.25. The molecule has 8 unspecified atom stereocenters. The van der Waals surface area contributed by atoms with E-state index in [1.54, 1.807) is 6.92 Å². The van der Waals surface area contributed by atoms with Crippen molar-refractivity contribution in [3.05, 3.63) is 12.2 Å². The summed E-state index contributed by atoms with van der Waals surface area (Å²) in [5.74, 6) is 3.46. The summed E-state index contributed by atoms with van der Waals surface area (Å²) in [6.45, 7) is 15.4. The molecule has 0 saturated heterocycles. The number of carbonyl (C=O) groups excluding carboxylic acids is 2. The van der Waals surface area contributed by atoms with Crippen LogP contribution in [0.25, 0.3) is 0 Å². The summed E-state index contributed by atoms with van der Waals surface area (Å²) in [5.41, 5.74) is 0.516. The summed E-state index contributed by atoms with van der Waals surface area (Å²) < 4.78 is 5.37. The first-order valence-corrected chi connectivity index (χ1v) is 10.8. The average molecular weight is 395 g/mol. The second-order valence-electron chi connectivity index (χ2n) is 9.37. The molecule has 3 aliphatic carbocycles. The molecule has 0 aromatic rings. The van der Waals surface area contributed by atoms with Gasteiger partial charge >= 0.3 is 11.9 Å². The van der Waals surface area contributed by atoms with Gasteiger partial charge in [-0.05, 0) is 81.5 Å². The smallest absolute Gasteiger partial charge is 0.339 e. The SMILES string of the molecule is C=C(C)C(=O)OC1CC2CCC1C2.CC(=O)OOC(C)C1CC(C)C(C)C1C. The lowest BCUT2D eigenvalue weighted by atomic mass is 9.88. The van der Waals surface area contributed by atoms with Crippen LogP contribution in [0.5, 0.6) is 0 Å². The zero-order valence-corrected chi connectivity index (χ0v) is 18.4. The predicted octanol–water partition coefficient (Wildman–Crippen LogP) is 5.09. The van der Waals surface area contributed by atoms with Crippen molar-refractivity contribution < 1.29 is 24.1 Å². The zero-order valence-electron chi connectivity index (χ0n) is 18.4. The maximum Gasteiger partial charge on any atom is 0.339 e. The summed E-state index contributed by atoms with van der Waals surface area (Å²) in [4.78, 5) is 31.6. The molecule has 3 fully saturated rings. The molecule has 3 saturated carbocycles. The molecule has 0 aliphatic heterocycles. The number of hydrogen-bond donors (Lipinski definition) is 0. The van der Waals surface area contributed by atoms with Crippen LogP contribution in [0, 0.1) is 35.5 Å². The summed E-state index contributed by atoms with van der Waals surface area (Å²) in [6.07, 6.45) is 6.30. The molecule has 0 N–H and O–H groups in total. The van der Waals surface area contributed by atoms with Gasteiger partial charge in [-0.15, -0.1) is 0 Å². The summed E-state index contributed by atoms with van der Waals surface area (Å²) in [6, 6.07) is 0. The molecule has 2 bridgehead atoms. The first kappa shape index (κ1) is 22.9. The highest BCUT2D eigenvalue weighted by molar-refractivity contribution is 5.87. The third kappa shape index (κ3) is 5.82. The highest BCUT2D eigenvalue weighted by atomic mass is 17.2. The average Bonchev–Trinajstić information content (AvgIpc) is 3.31. The van der Waals surface area contributed by atoms with E-state index in [9.17, 15) is 9.59 Å². The van der Waals surface area contributed by atoms with Crippen molar-refractivity contribution in [2.75, 3.05) is 0 Å². The van der Waals surface area contributed by atoms with Crippen molar-refractivity contribution in [2.45, 2.75) is 85.9 Å². The van der Waals surface area contributed by atoms with Crippen LogP contribution in [0.2, 0.25) is 0 Å². The Morgan fingerprint density at radius 3 is 2.11 bits per heavy atom. The fourth-order valence-electron chi connectivity index (χ4n) is 5.17. The van der Waals surface area contributed by atoms with E-state index < -0.39 is 0 Å². The van der Waals surface area contributed by atoms with Crippen LogP contribution >= 0.6 is 0 Å². The Labute approximate surface area is 170 Å². The maximum absolute atomic E-state index is 11.3. The van der Waals surface area contributed by atoms with E-state index in [2.05, 4.69) is 32.2 Å². The van der Waals surface area contributed by atoms with Gasteiger partial charge in [-0.3, -0.25) is 4.89 Å². The van der Waals surface area contributed by atoms with Crippen LogP contribution in [0.4, 0.5) is 0 Å². The first-order valence-electron chi connectivity index (χ1n) is 10.8. The Balaban J connectivity index is 0.000000202. The standard InChI is InChI=1S/C12H22O3.C11H16O2/c1-7-6-12(9(3)8(7)2)10(4)14-15-11(5)13;1-7(2)11(12)13-10-6-8-3-4-9(10)5-8/h7-10,12H,6H2,1-5H3;8-10H,1,3-6H2,2H3. The third-order valence-electron chi connectivity index (χ3n) is 7.25. The van der Waals surface area contributed by atoms with Crippen molar-refractivity contribution >= 4 is 11.9 Å². The minimum Gasteiger partial charge on any atom is -0.459 e. The van der Waals surface area contributed by atoms with E-state index in [-0.39, 0.29) is 24.1 Å². The predicted molar refractivity (Wildman–Crippen MR) is 108 cm³/mol. The lowest BCUT2D eigenvalue weighted by Gasteiger charge is -2.23. The molecule has 28 heavy (non-hydrogen) atoms. The lowest BCUT2D eigenvalue weighted by Crippen LogP contribution is -2.25. The van der Waals surface area contributed by atoms with E-state index >= 15 is 0 Å². The van der Waals surface area contributed by atoms with E-state index in [0.717, 1.165) is 30.6 Å². The second kappa shape index (κ2) is 9.91. The number of hydrogen-bond acceptors (Lipinski definition) is 5. The van der Waals surface area contributed by atoms with Crippen molar-refractivity contribution in [2.24, 2.45) is 35.5 Å². The highest BCUT2D eigenvalue weighted by Gasteiger charge is 2.41. The molecule has 5 heteroatoms. The number of carbonyl (C=O) groups is 2. The summed E-state index contributed by atoms with van der Waals surface area (Å²) >= 11 is 0. The molecule has 0 aromatic carbocycles. The van der Waals surface area contributed by atoms with Gasteiger partial charge in [-0.1, -0.05) is 27.4 Å². The Morgan fingerprint density at radius 2 is 1.68 bits per heavy atom. The molecule has 0 radical (unpaired) electrons. The molecule has 0 aromatic heterocycles. The summed E-state index contributed by atoms with van der Waals surface area (Å²) in [7, 11) is 0. The van der Waals surface area contributed by atoms with Gasteiger partial charge in [0.15, 0.2) is 0 Å². The van der Waals surface area contributed by atoms with Crippen molar-refractivity contribution in [1.29, 1.82) is 0 Å². The summed E-state index contributed by atoms with van der Waals surface area (Å²) in [5, 5.41) is 0. The first-order chi connectivity index (χ1) is 13.1. The molecule has 0 amide bonds. The minimum absolute atomic E-state index is 0.00343. The molecular formula is C23H38O5. The van der Waals surface area contributed by atoms with E-state index in [0.29, 0.717) is 23.3 Å². The topological polar surface area (TPSA) is 61.8 Å². The minimum atomic E-state index is -0.381. The van der Waals surface area contributed by atoms with E-state index in [4.69, 9.17) is 9.62 Å². The monoisotopic (exact) mass is 394 g/mol. The lowest BCUT2D eigenvalue weighted by molar-refractivity contribution is -0.303. The Kier molecular flexibility index (Phi) is 8.11. The van der Waals surface area contributed by atoms with Crippen LogP contribution in [-0.4, -0.2) is 24.1 Å². The molecule has 160 valence electrons. The number of rotatable bonds is 5. The van der Waals surface area contributed by atoms with Crippen LogP contribution in [-0.2, 0) is 24.1 Å². The van der Waals surface area contributed by atoms with Gasteiger partial charge in [-0.2, -0.15) is 4.89 Å². The molecule has 0 heterocycles. The Bertz CT molecular complexity index is 571. The maximum atomic E-state index is 11.3. The van der Waals surface area contributed by atoms with E-state index in [1.165, 1.54) is 26.2 Å². The highest BCUT2D eigenvalue weighted by Crippen LogP contribution is 2.46. The number of ether oxygens (including phenoxy) is 1. The number of esters is 1. The molecule has 3 rings (SSSR count). The fourth-order valence-corrected chi connectivity index (χ4v) is 5.17. The quantitative estimate of drug-likeness (QED) is 0.281. The molecule has 3 aliphatic rings. The van der Waals surface area contributed by atoms with Crippen molar-refractivity contribution in [3.8, 4) is 0 Å². The molecule has 5 nitrogen and oxygen atoms in total. The van der Waals surface area contributed by atoms with Gasteiger partial charge in [0.1, 0.15) is 12.2 Å². The van der Waals surface area contributed by atoms with Crippen molar-refractivity contribution in [1.82, 2.24) is 0 Å². The fraction of sp³-hybridized carbons (Fsp3) is 0.826. The molecular weight excluding hydrogens is 356 g/mol. The van der Waals surface area contributed by atoms with Crippen LogP contribution in [0.15, 0.2) is 12.2 Å². The normalized spacial score (nSPS) is 37.0. The Morgan fingerprint density at radius 1 is 1.00 bits per heavy atom. The van der Waals surface area contributed by atoms with Gasteiger partial charge < -0.3 is 4.74 Å². The largest absolute Gasteiger partial charge is 0.459 e. The van der Waals surface area contributed by atoms with Gasteiger partial charge in [-0.25, -0.2) is 9.59 Å². The van der Waals surface area contributed by atoms with Gasteiger partial charge in [0.2, 0.25) is 0 Å². The zero-order chi connectivity index (χ0) is 21.0. The van der Waals surface area contributed by atoms with Gasteiger partial charge in [0, 0.05) is 12.5 Å². The van der Waals surface area contributed by atoms with Gasteiger partial charge in [0.25, 0.3) is 0 Å². The molecule has 8 atom stereocenters. The van der Waals surface area contributed by atoms with Crippen LogP contribution < -0.4 is 0 Å².